The third kappa shape index (κ3) is 4.20. The second-order valence-corrected chi connectivity index (χ2v) is 6.14. The van der Waals surface area contributed by atoms with Crippen LogP contribution in [0.4, 0.5) is 4.39 Å². The van der Waals surface area contributed by atoms with Crippen LogP contribution >= 0.6 is 0 Å². The van der Waals surface area contributed by atoms with E-state index in [0.29, 0.717) is 18.7 Å². The molecule has 2 N–H and O–H groups in total. The van der Waals surface area contributed by atoms with Crippen LogP contribution in [0.3, 0.4) is 0 Å². The van der Waals surface area contributed by atoms with Crippen LogP contribution in [0.15, 0.2) is 34.9 Å². The molecular formula is C18H23FN2O3. The molecule has 0 saturated carbocycles. The van der Waals surface area contributed by atoms with Crippen molar-refractivity contribution in [3.63, 3.8) is 0 Å². The van der Waals surface area contributed by atoms with Gasteiger partial charge < -0.3 is 19.7 Å². The van der Waals surface area contributed by atoms with E-state index in [1.54, 1.807) is 12.1 Å². The molecule has 1 saturated heterocycles. The minimum absolute atomic E-state index is 0.0169. The van der Waals surface area contributed by atoms with Gasteiger partial charge in [0.15, 0.2) is 5.76 Å². The highest BCUT2D eigenvalue weighted by Gasteiger charge is 2.30. The standard InChI is InChI=1S/C18H23FN2O3/c1-2-20-11-18-16(22)8-7-15(23-18)9-14-10-17(24-21-14)12-3-5-13(19)6-4-12/h3-6,10,15-16,18,20,22H,2,7-9,11H2,1H3. The van der Waals surface area contributed by atoms with Crippen LogP contribution in [-0.4, -0.2) is 41.7 Å². The average molecular weight is 334 g/mol. The summed E-state index contributed by atoms with van der Waals surface area (Å²) in [6.07, 6.45) is 1.56. The number of aliphatic hydroxyl groups excluding tert-OH is 1. The molecule has 0 spiro atoms. The maximum absolute atomic E-state index is 13.0. The summed E-state index contributed by atoms with van der Waals surface area (Å²) in [5.41, 5.74) is 1.60. The van der Waals surface area contributed by atoms with E-state index in [0.717, 1.165) is 30.6 Å². The smallest absolute Gasteiger partial charge is 0.167 e. The van der Waals surface area contributed by atoms with Gasteiger partial charge in [-0.2, -0.15) is 0 Å². The number of nitrogens with zero attached hydrogens (tertiary/aromatic N) is 1. The Hall–Kier alpha value is -1.76. The monoisotopic (exact) mass is 334 g/mol. The molecule has 1 aromatic carbocycles. The zero-order chi connectivity index (χ0) is 16.9. The number of hydrogen-bond donors (Lipinski definition) is 2. The normalized spacial score (nSPS) is 24.2. The number of likely N-dealkylation sites (N-methyl/N-ethyl adjacent to an activating group) is 1. The molecule has 6 heteroatoms. The predicted octanol–water partition coefficient (Wildman–Crippen LogP) is 2.54. The van der Waals surface area contributed by atoms with Crippen molar-refractivity contribution in [1.29, 1.82) is 0 Å². The van der Waals surface area contributed by atoms with Crippen LogP contribution in [0.1, 0.15) is 25.5 Å². The van der Waals surface area contributed by atoms with Gasteiger partial charge in [-0.15, -0.1) is 0 Å². The van der Waals surface area contributed by atoms with Gasteiger partial charge in [-0.25, -0.2) is 4.39 Å². The molecule has 3 atom stereocenters. The molecular weight excluding hydrogens is 311 g/mol. The summed E-state index contributed by atoms with van der Waals surface area (Å²) in [6, 6.07) is 7.99. The Bertz CT molecular complexity index is 644. The molecule has 0 radical (unpaired) electrons. The molecule has 130 valence electrons. The third-order valence-corrected chi connectivity index (χ3v) is 4.30. The first-order valence-electron chi connectivity index (χ1n) is 8.41. The Morgan fingerprint density at radius 2 is 2.08 bits per heavy atom. The van der Waals surface area contributed by atoms with Gasteiger partial charge in [0.2, 0.25) is 0 Å². The number of halogens is 1. The molecule has 0 aliphatic carbocycles. The molecule has 1 aliphatic rings. The van der Waals surface area contributed by atoms with Crippen LogP contribution in [0.2, 0.25) is 0 Å². The largest absolute Gasteiger partial charge is 0.390 e. The van der Waals surface area contributed by atoms with E-state index in [9.17, 15) is 9.50 Å². The highest BCUT2D eigenvalue weighted by Crippen LogP contribution is 2.25. The molecule has 1 fully saturated rings. The Labute approximate surface area is 140 Å². The van der Waals surface area contributed by atoms with Gasteiger partial charge in [-0.05, 0) is 43.7 Å². The van der Waals surface area contributed by atoms with Crippen molar-refractivity contribution < 1.29 is 18.8 Å². The van der Waals surface area contributed by atoms with E-state index in [-0.39, 0.29) is 18.0 Å². The molecule has 3 rings (SSSR count). The van der Waals surface area contributed by atoms with E-state index in [4.69, 9.17) is 9.26 Å². The zero-order valence-electron chi connectivity index (χ0n) is 13.7. The van der Waals surface area contributed by atoms with Gasteiger partial charge in [0.05, 0.1) is 24.0 Å². The van der Waals surface area contributed by atoms with E-state index >= 15 is 0 Å². The summed E-state index contributed by atoms with van der Waals surface area (Å²) in [4.78, 5) is 0. The molecule has 0 bridgehead atoms. The molecule has 1 aliphatic heterocycles. The first-order valence-corrected chi connectivity index (χ1v) is 8.41. The summed E-state index contributed by atoms with van der Waals surface area (Å²) < 4.78 is 24.3. The molecule has 2 heterocycles. The van der Waals surface area contributed by atoms with E-state index in [1.165, 1.54) is 12.1 Å². The molecule has 24 heavy (non-hydrogen) atoms. The molecule has 3 unspecified atom stereocenters. The van der Waals surface area contributed by atoms with Crippen molar-refractivity contribution >= 4 is 0 Å². The zero-order valence-corrected chi connectivity index (χ0v) is 13.7. The van der Waals surface area contributed by atoms with Gasteiger partial charge in [0, 0.05) is 24.6 Å². The van der Waals surface area contributed by atoms with E-state index < -0.39 is 6.10 Å². The van der Waals surface area contributed by atoms with E-state index in [1.807, 2.05) is 13.0 Å². The fraction of sp³-hybridized carbons (Fsp3) is 0.500. The lowest BCUT2D eigenvalue weighted by molar-refractivity contribution is -0.114. The first-order chi connectivity index (χ1) is 11.7. The topological polar surface area (TPSA) is 67.5 Å². The number of aromatic nitrogens is 1. The molecule has 2 aromatic rings. The van der Waals surface area contributed by atoms with Crippen LogP contribution in [0.25, 0.3) is 11.3 Å². The lowest BCUT2D eigenvalue weighted by Crippen LogP contribution is -2.45. The van der Waals surface area contributed by atoms with Crippen molar-refractivity contribution in [3.8, 4) is 11.3 Å². The number of aliphatic hydroxyl groups is 1. The summed E-state index contributed by atoms with van der Waals surface area (Å²) in [5, 5.41) is 17.3. The maximum Gasteiger partial charge on any atom is 0.167 e. The van der Waals surface area contributed by atoms with Gasteiger partial charge in [-0.3, -0.25) is 0 Å². The number of nitrogens with one attached hydrogen (secondary N) is 1. The average Bonchev–Trinajstić information content (AvgIpc) is 3.04. The summed E-state index contributed by atoms with van der Waals surface area (Å²) in [5.74, 6) is 0.337. The van der Waals surface area contributed by atoms with Gasteiger partial charge in [0.25, 0.3) is 0 Å². The van der Waals surface area contributed by atoms with Gasteiger partial charge in [-0.1, -0.05) is 12.1 Å². The van der Waals surface area contributed by atoms with Crippen molar-refractivity contribution in [1.82, 2.24) is 10.5 Å². The quantitative estimate of drug-likeness (QED) is 0.850. The lowest BCUT2D eigenvalue weighted by atomic mass is 9.98. The summed E-state index contributed by atoms with van der Waals surface area (Å²) >= 11 is 0. The second-order valence-electron chi connectivity index (χ2n) is 6.14. The van der Waals surface area contributed by atoms with Crippen molar-refractivity contribution in [3.05, 3.63) is 41.8 Å². The number of hydrogen-bond acceptors (Lipinski definition) is 5. The minimum Gasteiger partial charge on any atom is -0.390 e. The number of ether oxygens (including phenoxy) is 1. The SMILES string of the molecule is CCNCC1OC(Cc2cc(-c3ccc(F)cc3)on2)CCC1O. The molecule has 0 amide bonds. The van der Waals surface area contributed by atoms with Gasteiger partial charge in [0.1, 0.15) is 5.82 Å². The summed E-state index contributed by atoms with van der Waals surface area (Å²) in [7, 11) is 0. The molecule has 1 aromatic heterocycles. The van der Waals surface area contributed by atoms with Gasteiger partial charge >= 0.3 is 0 Å². The van der Waals surface area contributed by atoms with Crippen LogP contribution in [0, 0.1) is 5.82 Å². The highest BCUT2D eigenvalue weighted by atomic mass is 19.1. The van der Waals surface area contributed by atoms with Crippen molar-refractivity contribution in [2.75, 3.05) is 13.1 Å². The highest BCUT2D eigenvalue weighted by molar-refractivity contribution is 5.57. The van der Waals surface area contributed by atoms with Crippen molar-refractivity contribution in [2.24, 2.45) is 0 Å². The third-order valence-electron chi connectivity index (χ3n) is 4.30. The Morgan fingerprint density at radius 1 is 1.29 bits per heavy atom. The Morgan fingerprint density at radius 3 is 2.83 bits per heavy atom. The second kappa shape index (κ2) is 7.88. The predicted molar refractivity (Wildman–Crippen MR) is 88.0 cm³/mol. The maximum atomic E-state index is 13.0. The first kappa shape index (κ1) is 17.1. The molecule has 5 nitrogen and oxygen atoms in total. The Kier molecular flexibility index (Phi) is 5.60. The van der Waals surface area contributed by atoms with Crippen LogP contribution < -0.4 is 5.32 Å². The number of benzene rings is 1. The van der Waals surface area contributed by atoms with Crippen molar-refractivity contribution in [2.45, 2.75) is 44.5 Å². The summed E-state index contributed by atoms with van der Waals surface area (Å²) in [6.45, 7) is 3.52. The fourth-order valence-corrected chi connectivity index (χ4v) is 2.96. The number of rotatable bonds is 6. The fourth-order valence-electron chi connectivity index (χ4n) is 2.96. The Balaban J connectivity index is 1.61. The van der Waals surface area contributed by atoms with E-state index in [2.05, 4.69) is 10.5 Å². The van der Waals surface area contributed by atoms with Crippen LogP contribution in [-0.2, 0) is 11.2 Å². The van der Waals surface area contributed by atoms with Crippen LogP contribution in [0.5, 0.6) is 0 Å². The minimum atomic E-state index is -0.424. The lowest BCUT2D eigenvalue weighted by Gasteiger charge is -2.33.